The Balaban J connectivity index is 1.44. The van der Waals surface area contributed by atoms with Gasteiger partial charge in [0.15, 0.2) is 5.76 Å². The maximum absolute atomic E-state index is 13.7. The molecule has 5 aromatic rings. The standard InChI is InChI=1S/C25H20N4O6/c1-14-20-16(13-17(19-7-4-10-33-19)26-24(20)35-28-14)23(30)27-21-15-5-2-3-6-18(15)34-22(21)25(31)29-8-11-32-12-9-29/h2-7,10,13H,8-9,11-12H2,1H3,(H,27,30). The number of rotatable bonds is 4. The predicted molar refractivity (Wildman–Crippen MR) is 125 cm³/mol. The van der Waals surface area contributed by atoms with Gasteiger partial charge < -0.3 is 28.3 Å². The van der Waals surface area contributed by atoms with Crippen molar-refractivity contribution in [2.75, 3.05) is 31.6 Å². The summed E-state index contributed by atoms with van der Waals surface area (Å²) in [6, 6.07) is 12.3. The molecule has 0 bridgehead atoms. The van der Waals surface area contributed by atoms with Crippen LogP contribution in [-0.2, 0) is 4.74 Å². The summed E-state index contributed by atoms with van der Waals surface area (Å²) in [5.41, 5.74) is 2.24. The van der Waals surface area contributed by atoms with Crippen molar-refractivity contribution in [1.82, 2.24) is 15.0 Å². The van der Waals surface area contributed by atoms with Crippen LogP contribution in [-0.4, -0.2) is 53.2 Å². The maximum atomic E-state index is 13.7. The Hall–Kier alpha value is -4.44. The molecule has 1 aliphatic rings. The second kappa shape index (κ2) is 8.41. The van der Waals surface area contributed by atoms with E-state index in [4.69, 9.17) is 18.1 Å². The number of nitrogens with one attached hydrogen (secondary N) is 1. The Labute approximate surface area is 198 Å². The number of fused-ring (bicyclic) bond motifs is 2. The molecule has 1 fully saturated rings. The molecule has 176 valence electrons. The summed E-state index contributed by atoms with van der Waals surface area (Å²) in [4.78, 5) is 33.1. The number of amides is 2. The van der Waals surface area contributed by atoms with Crippen LogP contribution < -0.4 is 5.32 Å². The number of morpholine rings is 1. The first kappa shape index (κ1) is 21.1. The van der Waals surface area contributed by atoms with E-state index in [9.17, 15) is 9.59 Å². The van der Waals surface area contributed by atoms with Crippen molar-refractivity contribution in [2.45, 2.75) is 6.92 Å². The van der Waals surface area contributed by atoms with Crippen LogP contribution >= 0.6 is 0 Å². The topological polar surface area (TPSA) is 124 Å². The van der Waals surface area contributed by atoms with Crippen LogP contribution in [0.25, 0.3) is 33.5 Å². The molecule has 0 unspecified atom stereocenters. The van der Waals surface area contributed by atoms with Gasteiger partial charge in [-0.2, -0.15) is 0 Å². The lowest BCUT2D eigenvalue weighted by Gasteiger charge is -2.26. The minimum absolute atomic E-state index is 0.0695. The van der Waals surface area contributed by atoms with Gasteiger partial charge in [0.1, 0.15) is 17.0 Å². The molecule has 10 heteroatoms. The summed E-state index contributed by atoms with van der Waals surface area (Å²) in [5, 5.41) is 7.99. The number of aryl methyl sites for hydroxylation is 1. The number of hydrogen-bond acceptors (Lipinski definition) is 8. The highest BCUT2D eigenvalue weighted by Crippen LogP contribution is 2.34. The fourth-order valence-corrected chi connectivity index (χ4v) is 4.24. The Kier molecular flexibility index (Phi) is 5.07. The first-order chi connectivity index (χ1) is 17.1. The predicted octanol–water partition coefficient (Wildman–Crippen LogP) is 4.26. The molecule has 0 radical (unpaired) electrons. The smallest absolute Gasteiger partial charge is 0.291 e. The van der Waals surface area contributed by atoms with Crippen LogP contribution in [0.5, 0.6) is 0 Å². The highest BCUT2D eigenvalue weighted by atomic mass is 16.5. The summed E-state index contributed by atoms with van der Waals surface area (Å²) < 4.78 is 22.1. The Morgan fingerprint density at radius 2 is 1.91 bits per heavy atom. The van der Waals surface area contributed by atoms with Crippen LogP contribution in [0.15, 0.2) is 62.1 Å². The van der Waals surface area contributed by atoms with E-state index in [0.29, 0.717) is 65.5 Å². The third-order valence-corrected chi connectivity index (χ3v) is 5.96. The fraction of sp³-hybridized carbons (Fsp3) is 0.200. The molecule has 4 aromatic heterocycles. The molecule has 5 heterocycles. The summed E-state index contributed by atoms with van der Waals surface area (Å²) >= 11 is 0. The highest BCUT2D eigenvalue weighted by molar-refractivity contribution is 6.18. The van der Waals surface area contributed by atoms with Crippen molar-refractivity contribution in [1.29, 1.82) is 0 Å². The number of pyridine rings is 1. The first-order valence-corrected chi connectivity index (χ1v) is 11.1. The molecule has 2 amide bonds. The number of benzene rings is 1. The lowest BCUT2D eigenvalue weighted by Crippen LogP contribution is -2.40. The van der Waals surface area contributed by atoms with Gasteiger partial charge in [0.2, 0.25) is 5.76 Å². The van der Waals surface area contributed by atoms with Crippen molar-refractivity contribution in [3.8, 4) is 11.5 Å². The van der Waals surface area contributed by atoms with Gasteiger partial charge in [-0.1, -0.05) is 17.3 Å². The summed E-state index contributed by atoms with van der Waals surface area (Å²) in [7, 11) is 0. The van der Waals surface area contributed by atoms with Crippen molar-refractivity contribution in [3.05, 3.63) is 65.7 Å². The van der Waals surface area contributed by atoms with Crippen LogP contribution in [0.2, 0.25) is 0 Å². The molecule has 0 atom stereocenters. The second-order valence-corrected chi connectivity index (χ2v) is 8.14. The van der Waals surface area contributed by atoms with Gasteiger partial charge in [-0.05, 0) is 37.3 Å². The molecule has 0 spiro atoms. The number of furan rings is 2. The van der Waals surface area contributed by atoms with E-state index in [2.05, 4.69) is 15.5 Å². The van der Waals surface area contributed by atoms with Gasteiger partial charge in [-0.25, -0.2) is 4.98 Å². The number of carbonyl (C=O) groups is 2. The van der Waals surface area contributed by atoms with E-state index >= 15 is 0 Å². The molecule has 1 aromatic carbocycles. The molecular formula is C25H20N4O6. The van der Waals surface area contributed by atoms with Crippen LogP contribution in [0.4, 0.5) is 5.69 Å². The number of hydrogen-bond donors (Lipinski definition) is 1. The quantitative estimate of drug-likeness (QED) is 0.411. The maximum Gasteiger partial charge on any atom is 0.291 e. The van der Waals surface area contributed by atoms with E-state index in [-0.39, 0.29) is 22.9 Å². The second-order valence-electron chi connectivity index (χ2n) is 8.14. The Morgan fingerprint density at radius 1 is 1.09 bits per heavy atom. The highest BCUT2D eigenvalue weighted by Gasteiger charge is 2.29. The summed E-state index contributed by atoms with van der Waals surface area (Å²) in [6.07, 6.45) is 1.52. The third kappa shape index (κ3) is 3.64. The summed E-state index contributed by atoms with van der Waals surface area (Å²) in [5.74, 6) is -0.219. The van der Waals surface area contributed by atoms with Crippen molar-refractivity contribution < 1.29 is 27.7 Å². The van der Waals surface area contributed by atoms with E-state index in [1.807, 2.05) is 12.1 Å². The zero-order valence-electron chi connectivity index (χ0n) is 18.7. The average molecular weight is 472 g/mol. The number of anilines is 1. The molecule has 35 heavy (non-hydrogen) atoms. The van der Waals surface area contributed by atoms with Crippen molar-refractivity contribution in [3.63, 3.8) is 0 Å². The molecule has 6 rings (SSSR count). The minimum Gasteiger partial charge on any atom is -0.463 e. The summed E-state index contributed by atoms with van der Waals surface area (Å²) in [6.45, 7) is 3.52. The molecule has 1 N–H and O–H groups in total. The lowest BCUT2D eigenvalue weighted by atomic mass is 10.1. The molecule has 1 aliphatic heterocycles. The number of para-hydroxylation sites is 1. The monoisotopic (exact) mass is 472 g/mol. The van der Waals surface area contributed by atoms with E-state index in [1.54, 1.807) is 42.2 Å². The number of nitrogens with zero attached hydrogens (tertiary/aromatic N) is 3. The zero-order valence-corrected chi connectivity index (χ0v) is 18.7. The molecule has 0 saturated carbocycles. The van der Waals surface area contributed by atoms with Crippen molar-refractivity contribution >= 4 is 39.6 Å². The Morgan fingerprint density at radius 3 is 2.71 bits per heavy atom. The molecule has 0 aliphatic carbocycles. The Bertz CT molecular complexity index is 1560. The van der Waals surface area contributed by atoms with Gasteiger partial charge >= 0.3 is 0 Å². The van der Waals surface area contributed by atoms with E-state index in [0.717, 1.165) is 0 Å². The lowest BCUT2D eigenvalue weighted by molar-refractivity contribution is 0.0285. The average Bonchev–Trinajstić information content (AvgIpc) is 3.64. The number of ether oxygens (including phenoxy) is 1. The first-order valence-electron chi connectivity index (χ1n) is 11.1. The van der Waals surface area contributed by atoms with Crippen LogP contribution in [0.1, 0.15) is 26.6 Å². The van der Waals surface area contributed by atoms with E-state index < -0.39 is 5.91 Å². The molecule has 10 nitrogen and oxygen atoms in total. The van der Waals surface area contributed by atoms with Crippen molar-refractivity contribution in [2.24, 2.45) is 0 Å². The molecule has 1 saturated heterocycles. The SMILES string of the molecule is Cc1noc2nc(-c3ccco3)cc(C(=O)Nc3c(C(=O)N4CCOCC4)oc4ccccc34)c12. The molecular weight excluding hydrogens is 452 g/mol. The minimum atomic E-state index is -0.459. The number of aromatic nitrogens is 2. The largest absolute Gasteiger partial charge is 0.463 e. The van der Waals surface area contributed by atoms with E-state index in [1.165, 1.54) is 6.26 Å². The fourth-order valence-electron chi connectivity index (χ4n) is 4.24. The third-order valence-electron chi connectivity index (χ3n) is 5.96. The normalized spacial score (nSPS) is 14.0. The van der Waals surface area contributed by atoms with Gasteiger partial charge in [0, 0.05) is 18.5 Å². The van der Waals surface area contributed by atoms with Gasteiger partial charge in [-0.3, -0.25) is 9.59 Å². The zero-order chi connectivity index (χ0) is 23.9. The van der Waals surface area contributed by atoms with Gasteiger partial charge in [-0.15, -0.1) is 0 Å². The van der Waals surface area contributed by atoms with Crippen LogP contribution in [0, 0.1) is 6.92 Å². The van der Waals surface area contributed by atoms with Gasteiger partial charge in [0.05, 0.1) is 36.1 Å². The van der Waals surface area contributed by atoms with Gasteiger partial charge in [0.25, 0.3) is 17.5 Å². The van der Waals surface area contributed by atoms with Crippen LogP contribution in [0.3, 0.4) is 0 Å². The number of carbonyl (C=O) groups excluding carboxylic acids is 2.